The van der Waals surface area contributed by atoms with Gasteiger partial charge in [-0.1, -0.05) is 47.5 Å². The topological polar surface area (TPSA) is 55.4 Å². The largest absolute Gasteiger partial charge is 0.449 e. The zero-order valence-corrected chi connectivity index (χ0v) is 13.2. The minimum atomic E-state index is -0.986. The Morgan fingerprint density at radius 1 is 1.00 bits per heavy atom. The Bertz CT molecular complexity index is 669. The maximum Gasteiger partial charge on any atom is 0.341 e. The van der Waals surface area contributed by atoms with Crippen LogP contribution in [0.1, 0.15) is 17.3 Å². The lowest BCUT2D eigenvalue weighted by atomic mass is 10.2. The van der Waals surface area contributed by atoms with Gasteiger partial charge in [0.2, 0.25) is 0 Å². The normalized spacial score (nSPS) is 11.6. The first-order chi connectivity index (χ1) is 10.5. The molecule has 1 amide bonds. The second kappa shape index (κ2) is 7.29. The van der Waals surface area contributed by atoms with Crippen molar-refractivity contribution in [1.82, 2.24) is 0 Å². The van der Waals surface area contributed by atoms with E-state index in [1.165, 1.54) is 19.1 Å². The van der Waals surface area contributed by atoms with Gasteiger partial charge in [-0.3, -0.25) is 4.79 Å². The molecule has 0 saturated carbocycles. The summed E-state index contributed by atoms with van der Waals surface area (Å²) in [5.74, 6) is -1.19. The van der Waals surface area contributed by atoms with Crippen molar-refractivity contribution in [2.75, 3.05) is 5.32 Å². The minimum Gasteiger partial charge on any atom is -0.449 e. The number of rotatable bonds is 4. The van der Waals surface area contributed by atoms with Gasteiger partial charge in [-0.05, 0) is 31.2 Å². The zero-order chi connectivity index (χ0) is 16.1. The predicted octanol–water partition coefficient (Wildman–Crippen LogP) is 4.18. The zero-order valence-electron chi connectivity index (χ0n) is 11.7. The molecule has 0 heterocycles. The molecule has 4 nitrogen and oxygen atoms in total. The first kappa shape index (κ1) is 16.3. The number of hydrogen-bond acceptors (Lipinski definition) is 3. The molecule has 6 heteroatoms. The van der Waals surface area contributed by atoms with Gasteiger partial charge < -0.3 is 10.1 Å². The van der Waals surface area contributed by atoms with E-state index < -0.39 is 18.0 Å². The van der Waals surface area contributed by atoms with Crippen molar-refractivity contribution in [1.29, 1.82) is 0 Å². The number of carbonyl (C=O) groups is 2. The van der Waals surface area contributed by atoms with E-state index in [0.717, 1.165) is 0 Å². The number of hydrogen-bond donors (Lipinski definition) is 1. The van der Waals surface area contributed by atoms with Crippen molar-refractivity contribution >= 4 is 40.8 Å². The van der Waals surface area contributed by atoms with Crippen LogP contribution < -0.4 is 5.32 Å². The van der Waals surface area contributed by atoms with Crippen LogP contribution in [0.2, 0.25) is 10.0 Å². The van der Waals surface area contributed by atoms with E-state index in [2.05, 4.69) is 5.32 Å². The standard InChI is InChI=1S/C16H13Cl2NO3/c1-10(15(20)19-11-6-3-2-4-7-11)22-16(21)14-12(17)8-5-9-13(14)18/h2-10H,1H3,(H,19,20). The molecule has 0 aromatic heterocycles. The Morgan fingerprint density at radius 3 is 2.18 bits per heavy atom. The maximum absolute atomic E-state index is 12.1. The molecular weight excluding hydrogens is 325 g/mol. The number of anilines is 1. The lowest BCUT2D eigenvalue weighted by molar-refractivity contribution is -0.123. The highest BCUT2D eigenvalue weighted by Gasteiger charge is 2.22. The molecule has 1 atom stereocenters. The highest BCUT2D eigenvalue weighted by atomic mass is 35.5. The second-order valence-electron chi connectivity index (χ2n) is 4.50. The molecule has 2 aromatic rings. The van der Waals surface area contributed by atoms with Crippen LogP contribution in [-0.4, -0.2) is 18.0 Å². The Labute approximate surface area is 138 Å². The van der Waals surface area contributed by atoms with Crippen molar-refractivity contribution in [3.63, 3.8) is 0 Å². The van der Waals surface area contributed by atoms with Gasteiger partial charge in [0.05, 0.1) is 15.6 Å². The fraction of sp³-hybridized carbons (Fsp3) is 0.125. The third-order valence-corrected chi connectivity index (χ3v) is 3.49. The summed E-state index contributed by atoms with van der Waals surface area (Å²) in [6.07, 6.45) is -0.986. The molecule has 0 bridgehead atoms. The van der Waals surface area contributed by atoms with Crippen LogP contribution in [0.3, 0.4) is 0 Å². The van der Waals surface area contributed by atoms with Crippen molar-refractivity contribution in [2.45, 2.75) is 13.0 Å². The third-order valence-electron chi connectivity index (χ3n) is 2.86. The first-order valence-electron chi connectivity index (χ1n) is 6.50. The molecule has 114 valence electrons. The van der Waals surface area contributed by atoms with E-state index in [0.29, 0.717) is 5.69 Å². The van der Waals surface area contributed by atoms with Crippen LogP contribution in [0, 0.1) is 0 Å². The molecule has 1 unspecified atom stereocenters. The van der Waals surface area contributed by atoms with E-state index in [9.17, 15) is 9.59 Å². The summed E-state index contributed by atoms with van der Waals surface area (Å²) >= 11 is 11.9. The molecule has 1 N–H and O–H groups in total. The molecule has 2 rings (SSSR count). The van der Waals surface area contributed by atoms with E-state index >= 15 is 0 Å². The van der Waals surface area contributed by atoms with Gasteiger partial charge in [0.1, 0.15) is 0 Å². The van der Waals surface area contributed by atoms with Gasteiger partial charge in [-0.15, -0.1) is 0 Å². The Morgan fingerprint density at radius 2 is 1.59 bits per heavy atom. The van der Waals surface area contributed by atoms with Crippen LogP contribution in [0.5, 0.6) is 0 Å². The number of para-hydroxylation sites is 1. The lowest BCUT2D eigenvalue weighted by Crippen LogP contribution is -2.30. The average molecular weight is 338 g/mol. The third kappa shape index (κ3) is 4.00. The van der Waals surface area contributed by atoms with E-state index in [1.54, 1.807) is 30.3 Å². The van der Waals surface area contributed by atoms with Crippen LogP contribution in [0.4, 0.5) is 5.69 Å². The lowest BCUT2D eigenvalue weighted by Gasteiger charge is -2.14. The van der Waals surface area contributed by atoms with Gasteiger partial charge in [0.25, 0.3) is 5.91 Å². The van der Waals surface area contributed by atoms with Gasteiger partial charge in [-0.2, -0.15) is 0 Å². The molecule has 0 aliphatic carbocycles. The molecule has 0 aliphatic heterocycles. The number of halogens is 2. The Hall–Kier alpha value is -2.04. The second-order valence-corrected chi connectivity index (χ2v) is 5.31. The molecule has 0 spiro atoms. The number of ether oxygens (including phenoxy) is 1. The summed E-state index contributed by atoms with van der Waals surface area (Å²) in [4.78, 5) is 24.1. The number of amides is 1. The molecule has 0 aliphatic rings. The van der Waals surface area contributed by atoms with Gasteiger partial charge in [0, 0.05) is 5.69 Å². The van der Waals surface area contributed by atoms with Crippen LogP contribution in [0.25, 0.3) is 0 Å². The highest BCUT2D eigenvalue weighted by molar-refractivity contribution is 6.39. The van der Waals surface area contributed by atoms with Gasteiger partial charge in [0.15, 0.2) is 6.10 Å². The molecule has 0 fully saturated rings. The molecule has 2 aromatic carbocycles. The van der Waals surface area contributed by atoms with E-state index in [1.807, 2.05) is 6.07 Å². The van der Waals surface area contributed by atoms with Crippen molar-refractivity contribution < 1.29 is 14.3 Å². The van der Waals surface area contributed by atoms with Crippen molar-refractivity contribution in [3.05, 3.63) is 64.1 Å². The summed E-state index contributed by atoms with van der Waals surface area (Å²) in [6, 6.07) is 13.5. The summed E-state index contributed by atoms with van der Waals surface area (Å²) in [5.41, 5.74) is 0.663. The van der Waals surface area contributed by atoms with Crippen LogP contribution in [0.15, 0.2) is 48.5 Å². The average Bonchev–Trinajstić information content (AvgIpc) is 2.48. The Balaban J connectivity index is 2.03. The number of esters is 1. The summed E-state index contributed by atoms with van der Waals surface area (Å²) in [6.45, 7) is 1.47. The smallest absolute Gasteiger partial charge is 0.341 e. The summed E-state index contributed by atoms with van der Waals surface area (Å²) < 4.78 is 5.11. The Kier molecular flexibility index (Phi) is 5.41. The molecule has 0 radical (unpaired) electrons. The maximum atomic E-state index is 12.1. The summed E-state index contributed by atoms with van der Waals surface area (Å²) in [5, 5.41) is 2.99. The fourth-order valence-corrected chi connectivity index (χ4v) is 2.28. The number of benzene rings is 2. The predicted molar refractivity (Wildman–Crippen MR) is 86.4 cm³/mol. The monoisotopic (exact) mass is 337 g/mol. The molecular formula is C16H13Cl2NO3. The SMILES string of the molecule is CC(OC(=O)c1c(Cl)cccc1Cl)C(=O)Nc1ccccc1. The number of carbonyl (C=O) groups excluding carboxylic acids is 2. The van der Waals surface area contributed by atoms with E-state index in [-0.39, 0.29) is 15.6 Å². The molecule has 0 saturated heterocycles. The number of nitrogens with one attached hydrogen (secondary N) is 1. The van der Waals surface area contributed by atoms with Crippen molar-refractivity contribution in [2.24, 2.45) is 0 Å². The van der Waals surface area contributed by atoms with E-state index in [4.69, 9.17) is 27.9 Å². The van der Waals surface area contributed by atoms with Crippen LogP contribution >= 0.6 is 23.2 Å². The molecule has 22 heavy (non-hydrogen) atoms. The quantitative estimate of drug-likeness (QED) is 0.851. The summed E-state index contributed by atoms with van der Waals surface area (Å²) in [7, 11) is 0. The van der Waals surface area contributed by atoms with Crippen molar-refractivity contribution in [3.8, 4) is 0 Å². The van der Waals surface area contributed by atoms with Gasteiger partial charge >= 0.3 is 5.97 Å². The fourth-order valence-electron chi connectivity index (χ4n) is 1.73. The van der Waals surface area contributed by atoms with Gasteiger partial charge in [-0.25, -0.2) is 4.79 Å². The first-order valence-corrected chi connectivity index (χ1v) is 7.25. The van der Waals surface area contributed by atoms with Crippen LogP contribution in [-0.2, 0) is 9.53 Å². The highest BCUT2D eigenvalue weighted by Crippen LogP contribution is 2.25. The minimum absolute atomic E-state index is 0.0465.